The van der Waals surface area contributed by atoms with Crippen molar-refractivity contribution in [3.63, 3.8) is 0 Å². The summed E-state index contributed by atoms with van der Waals surface area (Å²) in [6, 6.07) is 18.2. The zero-order chi connectivity index (χ0) is 20.8. The van der Waals surface area contributed by atoms with Crippen molar-refractivity contribution >= 4 is 23.4 Å². The van der Waals surface area contributed by atoms with Gasteiger partial charge in [0.05, 0.1) is 12.7 Å². The Morgan fingerprint density at radius 2 is 1.79 bits per heavy atom. The third kappa shape index (κ3) is 5.16. The number of benzene rings is 2. The first-order valence-corrected chi connectivity index (χ1v) is 9.07. The molecule has 29 heavy (non-hydrogen) atoms. The summed E-state index contributed by atoms with van der Waals surface area (Å²) in [6.07, 6.45) is 0. The summed E-state index contributed by atoms with van der Waals surface area (Å²) in [5.41, 5.74) is 2.22. The van der Waals surface area contributed by atoms with Gasteiger partial charge in [0.15, 0.2) is 0 Å². The lowest BCUT2D eigenvalue weighted by atomic mass is 10.2. The first-order valence-electron chi connectivity index (χ1n) is 9.07. The minimum Gasteiger partial charge on any atom is -0.465 e. The van der Waals surface area contributed by atoms with E-state index < -0.39 is 5.97 Å². The molecule has 1 heterocycles. The monoisotopic (exact) mass is 390 g/mol. The molecule has 3 rings (SSSR count). The predicted octanol–water partition coefficient (Wildman–Crippen LogP) is 3.46. The summed E-state index contributed by atoms with van der Waals surface area (Å²) >= 11 is 0. The third-order valence-corrected chi connectivity index (χ3v) is 4.25. The Bertz CT molecular complexity index is 1020. The van der Waals surface area contributed by atoms with E-state index in [0.29, 0.717) is 29.4 Å². The number of hydrogen-bond donors (Lipinski definition) is 1. The molecular weight excluding hydrogens is 368 g/mol. The number of methoxy groups -OCH3 is 1. The molecule has 0 aliphatic heterocycles. The normalized spacial score (nSPS) is 10.3. The van der Waals surface area contributed by atoms with Gasteiger partial charge in [-0.2, -0.15) is 0 Å². The molecule has 2 aromatic carbocycles. The molecule has 0 bridgehead atoms. The van der Waals surface area contributed by atoms with Gasteiger partial charge in [-0.25, -0.2) is 14.8 Å². The van der Waals surface area contributed by atoms with Gasteiger partial charge >= 0.3 is 5.97 Å². The molecule has 0 fully saturated rings. The SMILES string of the molecule is COC(=O)c1cccc(NC(=O)c2cc(N(C)Cc3ccccc3)nc(C)n2)c1. The second-order valence-corrected chi connectivity index (χ2v) is 6.53. The van der Waals surface area contributed by atoms with Crippen molar-refractivity contribution in [3.05, 3.63) is 83.3 Å². The number of hydrogen-bond acceptors (Lipinski definition) is 6. The molecule has 148 valence electrons. The number of amides is 1. The van der Waals surface area contributed by atoms with E-state index in [1.165, 1.54) is 7.11 Å². The van der Waals surface area contributed by atoms with E-state index in [1.807, 2.05) is 42.3 Å². The number of carbonyl (C=O) groups excluding carboxylic acids is 2. The standard InChI is InChI=1S/C22H22N4O3/c1-15-23-19(13-20(24-15)26(2)14-16-8-5-4-6-9-16)21(27)25-18-11-7-10-17(12-18)22(28)29-3/h4-13H,14H2,1-3H3,(H,25,27). The van der Waals surface area contributed by atoms with Gasteiger partial charge in [0, 0.05) is 25.3 Å². The van der Waals surface area contributed by atoms with Crippen LogP contribution in [-0.4, -0.2) is 36.0 Å². The Morgan fingerprint density at radius 3 is 2.52 bits per heavy atom. The van der Waals surface area contributed by atoms with Gasteiger partial charge in [0.2, 0.25) is 0 Å². The van der Waals surface area contributed by atoms with Crippen molar-refractivity contribution in [2.45, 2.75) is 13.5 Å². The van der Waals surface area contributed by atoms with Gasteiger partial charge in [-0.3, -0.25) is 4.79 Å². The number of esters is 1. The van der Waals surface area contributed by atoms with Crippen molar-refractivity contribution in [2.75, 3.05) is 24.4 Å². The number of rotatable bonds is 6. The molecule has 0 radical (unpaired) electrons. The summed E-state index contributed by atoms with van der Waals surface area (Å²) in [7, 11) is 3.22. The zero-order valence-corrected chi connectivity index (χ0v) is 16.5. The topological polar surface area (TPSA) is 84.4 Å². The molecule has 1 N–H and O–H groups in total. The van der Waals surface area contributed by atoms with E-state index in [1.54, 1.807) is 37.3 Å². The number of aryl methyl sites for hydroxylation is 1. The van der Waals surface area contributed by atoms with Gasteiger partial charge < -0.3 is 15.0 Å². The maximum absolute atomic E-state index is 12.7. The number of ether oxygens (including phenoxy) is 1. The average molecular weight is 390 g/mol. The Balaban J connectivity index is 1.78. The molecule has 1 aromatic heterocycles. The maximum atomic E-state index is 12.7. The van der Waals surface area contributed by atoms with Gasteiger partial charge in [-0.15, -0.1) is 0 Å². The minimum atomic E-state index is -0.469. The van der Waals surface area contributed by atoms with Crippen LogP contribution in [0.25, 0.3) is 0 Å². The fourth-order valence-electron chi connectivity index (χ4n) is 2.84. The van der Waals surface area contributed by atoms with Crippen LogP contribution in [-0.2, 0) is 11.3 Å². The van der Waals surface area contributed by atoms with Gasteiger partial charge in [-0.05, 0) is 30.7 Å². The van der Waals surface area contributed by atoms with E-state index in [4.69, 9.17) is 4.74 Å². The van der Waals surface area contributed by atoms with Crippen LogP contribution in [0.15, 0.2) is 60.7 Å². The van der Waals surface area contributed by atoms with Crippen LogP contribution in [0.4, 0.5) is 11.5 Å². The van der Waals surface area contributed by atoms with Crippen LogP contribution >= 0.6 is 0 Å². The number of carbonyl (C=O) groups is 2. The molecule has 0 aliphatic carbocycles. The summed E-state index contributed by atoms with van der Waals surface area (Å²) < 4.78 is 4.71. The molecule has 1 amide bonds. The lowest BCUT2D eigenvalue weighted by molar-refractivity contribution is 0.0600. The van der Waals surface area contributed by atoms with Crippen LogP contribution in [0.5, 0.6) is 0 Å². The van der Waals surface area contributed by atoms with Crippen LogP contribution in [0.3, 0.4) is 0 Å². The fraction of sp³-hybridized carbons (Fsp3) is 0.182. The Kier molecular flexibility index (Phi) is 6.19. The van der Waals surface area contributed by atoms with E-state index in [0.717, 1.165) is 5.56 Å². The van der Waals surface area contributed by atoms with Crippen LogP contribution < -0.4 is 10.2 Å². The third-order valence-electron chi connectivity index (χ3n) is 4.25. The number of nitrogens with zero attached hydrogens (tertiary/aromatic N) is 3. The van der Waals surface area contributed by atoms with Crippen LogP contribution in [0.1, 0.15) is 32.2 Å². The molecule has 0 saturated carbocycles. The molecule has 7 nitrogen and oxygen atoms in total. The van der Waals surface area contributed by atoms with Crippen LogP contribution in [0, 0.1) is 6.92 Å². The summed E-state index contributed by atoms with van der Waals surface area (Å²) in [4.78, 5) is 35.0. The molecule has 7 heteroatoms. The highest BCUT2D eigenvalue weighted by atomic mass is 16.5. The molecule has 0 spiro atoms. The Morgan fingerprint density at radius 1 is 1.03 bits per heavy atom. The lowest BCUT2D eigenvalue weighted by Crippen LogP contribution is -2.21. The number of anilines is 2. The van der Waals surface area contributed by atoms with E-state index in [-0.39, 0.29) is 11.6 Å². The first kappa shape index (κ1) is 20.0. The Labute approximate surface area is 169 Å². The van der Waals surface area contributed by atoms with E-state index in [2.05, 4.69) is 15.3 Å². The first-order chi connectivity index (χ1) is 14.0. The van der Waals surface area contributed by atoms with Crippen molar-refractivity contribution in [1.29, 1.82) is 0 Å². The quantitative estimate of drug-likeness (QED) is 0.649. The van der Waals surface area contributed by atoms with Gasteiger partial charge in [0.1, 0.15) is 17.3 Å². The molecule has 0 unspecified atom stereocenters. The van der Waals surface area contributed by atoms with E-state index >= 15 is 0 Å². The highest BCUT2D eigenvalue weighted by molar-refractivity contribution is 6.04. The Hall–Kier alpha value is -3.74. The van der Waals surface area contributed by atoms with Crippen molar-refractivity contribution in [1.82, 2.24) is 9.97 Å². The predicted molar refractivity (Wildman–Crippen MR) is 111 cm³/mol. The molecule has 0 aliphatic rings. The average Bonchev–Trinajstić information content (AvgIpc) is 2.73. The zero-order valence-electron chi connectivity index (χ0n) is 16.5. The maximum Gasteiger partial charge on any atom is 0.337 e. The number of nitrogens with one attached hydrogen (secondary N) is 1. The van der Waals surface area contributed by atoms with Gasteiger partial charge in [0.25, 0.3) is 5.91 Å². The highest BCUT2D eigenvalue weighted by Crippen LogP contribution is 2.17. The minimum absolute atomic E-state index is 0.246. The molecule has 3 aromatic rings. The van der Waals surface area contributed by atoms with E-state index in [9.17, 15) is 9.59 Å². The smallest absolute Gasteiger partial charge is 0.337 e. The van der Waals surface area contributed by atoms with Crippen LogP contribution in [0.2, 0.25) is 0 Å². The number of aromatic nitrogens is 2. The second-order valence-electron chi connectivity index (χ2n) is 6.53. The largest absolute Gasteiger partial charge is 0.465 e. The molecule has 0 atom stereocenters. The van der Waals surface area contributed by atoms with Gasteiger partial charge in [-0.1, -0.05) is 36.4 Å². The van der Waals surface area contributed by atoms with Crippen molar-refractivity contribution < 1.29 is 14.3 Å². The lowest BCUT2D eigenvalue weighted by Gasteiger charge is -2.19. The highest BCUT2D eigenvalue weighted by Gasteiger charge is 2.14. The second kappa shape index (κ2) is 8.97. The summed E-state index contributed by atoms with van der Waals surface area (Å²) in [6.45, 7) is 2.40. The summed E-state index contributed by atoms with van der Waals surface area (Å²) in [5.74, 6) is 0.293. The summed E-state index contributed by atoms with van der Waals surface area (Å²) in [5, 5.41) is 2.77. The van der Waals surface area contributed by atoms with Crippen molar-refractivity contribution in [2.24, 2.45) is 0 Å². The molecular formula is C22H22N4O3. The van der Waals surface area contributed by atoms with Crippen molar-refractivity contribution in [3.8, 4) is 0 Å². The molecule has 0 saturated heterocycles. The fourth-order valence-corrected chi connectivity index (χ4v) is 2.84.